The maximum atomic E-state index is 13.1. The molecule has 1 aliphatic rings. The number of carbonyl (C=O) groups excluding carboxylic acids is 1. The zero-order chi connectivity index (χ0) is 24.0. The number of allylic oxidation sites excluding steroid dienone is 1. The van der Waals surface area contributed by atoms with E-state index < -0.39 is 21.8 Å². The van der Waals surface area contributed by atoms with Crippen LogP contribution in [0.15, 0.2) is 41.6 Å². The molecule has 0 aliphatic heterocycles. The Hall–Kier alpha value is -2.53. The van der Waals surface area contributed by atoms with E-state index in [0.29, 0.717) is 11.1 Å². The van der Waals surface area contributed by atoms with Crippen molar-refractivity contribution in [2.45, 2.75) is 36.7 Å². The summed E-state index contributed by atoms with van der Waals surface area (Å²) in [5.74, 6) is 0.0607. The normalized spacial score (nSPS) is 15.1. The van der Waals surface area contributed by atoms with Gasteiger partial charge in [-0.15, -0.1) is 0 Å². The molecule has 0 saturated heterocycles. The first-order valence-corrected chi connectivity index (χ1v) is 12.7. The molecular formula is C22H26ClN3O6S. The molecule has 1 saturated carbocycles. The van der Waals surface area contributed by atoms with E-state index in [-0.39, 0.29) is 40.7 Å². The molecular weight excluding hydrogens is 470 g/mol. The number of aliphatic hydroxyl groups excluding tert-OH is 2. The lowest BCUT2D eigenvalue weighted by Gasteiger charge is -2.14. The summed E-state index contributed by atoms with van der Waals surface area (Å²) < 4.78 is 29.0. The third-order valence-electron chi connectivity index (χ3n) is 5.25. The fraction of sp³-hybridized carbons (Fsp3) is 0.409. The van der Waals surface area contributed by atoms with Crippen LogP contribution in [0.3, 0.4) is 0 Å². The quantitative estimate of drug-likeness (QED) is 0.451. The Balaban J connectivity index is 1.84. The third-order valence-corrected chi connectivity index (χ3v) is 6.83. The number of nitrogens with one attached hydrogen (secondary N) is 1. The molecule has 0 bridgehead atoms. The molecule has 33 heavy (non-hydrogen) atoms. The summed E-state index contributed by atoms with van der Waals surface area (Å²) in [6, 6.07) is 4.44. The number of sulfone groups is 1. The van der Waals surface area contributed by atoms with E-state index in [4.69, 9.17) is 26.6 Å². The molecule has 3 N–H and O–H groups in total. The summed E-state index contributed by atoms with van der Waals surface area (Å²) in [7, 11) is -3.50. The van der Waals surface area contributed by atoms with E-state index in [9.17, 15) is 13.2 Å². The highest BCUT2D eigenvalue weighted by atomic mass is 35.5. The summed E-state index contributed by atoms with van der Waals surface area (Å²) in [5.41, 5.74) is 0.866. The number of benzene rings is 1. The predicted octanol–water partition coefficient (Wildman–Crippen LogP) is 2.48. The number of carbonyl (C=O) groups is 1. The van der Waals surface area contributed by atoms with E-state index in [0.717, 1.165) is 31.9 Å². The third kappa shape index (κ3) is 6.73. The standard InChI is InChI=1S/C22H26ClN3O6S/c1-33(30,31)19-7-6-15(9-18(19)23)17(8-14-4-2-3-5-14)22(29)26-20-10-25-21(11-24-20)32-16(12-27)13-28/h6-11,14,16,27-28H,2-5,12-13H2,1H3,(H,24,26,29)/b17-8+. The lowest BCUT2D eigenvalue weighted by Crippen LogP contribution is -2.25. The van der Waals surface area contributed by atoms with Crippen LogP contribution in [0, 0.1) is 5.92 Å². The number of rotatable bonds is 9. The summed E-state index contributed by atoms with van der Waals surface area (Å²) >= 11 is 6.21. The molecule has 178 valence electrons. The fourth-order valence-corrected chi connectivity index (χ4v) is 4.89. The Morgan fingerprint density at radius 1 is 1.24 bits per heavy atom. The first-order chi connectivity index (χ1) is 15.7. The molecule has 1 aromatic heterocycles. The van der Waals surface area contributed by atoms with Gasteiger partial charge in [-0.1, -0.05) is 36.6 Å². The van der Waals surface area contributed by atoms with E-state index in [2.05, 4.69) is 15.3 Å². The van der Waals surface area contributed by atoms with Gasteiger partial charge in [-0.3, -0.25) is 4.79 Å². The minimum atomic E-state index is -3.50. The van der Waals surface area contributed by atoms with Crippen LogP contribution in [-0.2, 0) is 14.6 Å². The lowest BCUT2D eigenvalue weighted by atomic mass is 9.98. The topological polar surface area (TPSA) is 139 Å². The molecule has 0 radical (unpaired) electrons. The number of aliphatic hydroxyl groups is 2. The van der Waals surface area contributed by atoms with Crippen LogP contribution in [0.25, 0.3) is 5.57 Å². The summed E-state index contributed by atoms with van der Waals surface area (Å²) in [5, 5.41) is 20.9. The maximum absolute atomic E-state index is 13.1. The highest BCUT2D eigenvalue weighted by Crippen LogP contribution is 2.32. The number of amides is 1. The highest BCUT2D eigenvalue weighted by molar-refractivity contribution is 7.90. The molecule has 1 amide bonds. The second kappa shape index (κ2) is 11.1. The number of aromatic nitrogens is 2. The van der Waals surface area contributed by atoms with Gasteiger partial charge in [0.15, 0.2) is 15.7 Å². The molecule has 3 rings (SSSR count). The Kier molecular flexibility index (Phi) is 8.41. The van der Waals surface area contributed by atoms with Crippen LogP contribution in [-0.4, -0.2) is 60.1 Å². The number of hydrogen-bond donors (Lipinski definition) is 3. The molecule has 1 aliphatic carbocycles. The Morgan fingerprint density at radius 3 is 2.48 bits per heavy atom. The van der Waals surface area contributed by atoms with Gasteiger partial charge in [0.25, 0.3) is 5.91 Å². The fourth-order valence-electron chi connectivity index (χ4n) is 3.56. The van der Waals surface area contributed by atoms with Crippen LogP contribution in [0.2, 0.25) is 5.02 Å². The van der Waals surface area contributed by atoms with Gasteiger partial charge in [0, 0.05) is 11.8 Å². The first-order valence-electron chi connectivity index (χ1n) is 10.4. The maximum Gasteiger partial charge on any atom is 0.257 e. The van der Waals surface area contributed by atoms with E-state index in [1.54, 1.807) is 6.07 Å². The van der Waals surface area contributed by atoms with Crippen molar-refractivity contribution in [1.82, 2.24) is 9.97 Å². The van der Waals surface area contributed by atoms with E-state index >= 15 is 0 Å². The van der Waals surface area contributed by atoms with Crippen LogP contribution in [0.5, 0.6) is 5.88 Å². The minimum Gasteiger partial charge on any atom is -0.468 e. The van der Waals surface area contributed by atoms with Gasteiger partial charge in [-0.2, -0.15) is 0 Å². The van der Waals surface area contributed by atoms with Crippen molar-refractivity contribution in [3.05, 3.63) is 47.3 Å². The van der Waals surface area contributed by atoms with Crippen molar-refractivity contribution in [2.75, 3.05) is 24.8 Å². The lowest BCUT2D eigenvalue weighted by molar-refractivity contribution is -0.111. The largest absolute Gasteiger partial charge is 0.468 e. The molecule has 2 aromatic rings. The van der Waals surface area contributed by atoms with Gasteiger partial charge >= 0.3 is 0 Å². The van der Waals surface area contributed by atoms with Gasteiger partial charge in [0.05, 0.1) is 35.5 Å². The zero-order valence-electron chi connectivity index (χ0n) is 18.1. The van der Waals surface area contributed by atoms with Gasteiger partial charge < -0.3 is 20.3 Å². The Bertz CT molecular complexity index is 1110. The molecule has 11 heteroatoms. The van der Waals surface area contributed by atoms with Crippen LogP contribution < -0.4 is 10.1 Å². The molecule has 9 nitrogen and oxygen atoms in total. The second-order valence-corrected chi connectivity index (χ2v) is 10.2. The van der Waals surface area contributed by atoms with Crippen molar-refractivity contribution >= 4 is 38.7 Å². The molecule has 1 aromatic carbocycles. The average molecular weight is 496 g/mol. The first kappa shape index (κ1) is 25.1. The van der Waals surface area contributed by atoms with Gasteiger partial charge in [-0.05, 0) is 36.5 Å². The van der Waals surface area contributed by atoms with Crippen LogP contribution >= 0.6 is 11.6 Å². The molecule has 1 heterocycles. The minimum absolute atomic E-state index is 0.000871. The number of halogens is 1. The zero-order valence-corrected chi connectivity index (χ0v) is 19.6. The van der Waals surface area contributed by atoms with E-state index in [1.165, 1.54) is 24.5 Å². The summed E-state index contributed by atoms with van der Waals surface area (Å²) in [4.78, 5) is 21.3. The van der Waals surface area contributed by atoms with Crippen LogP contribution in [0.1, 0.15) is 31.2 Å². The summed E-state index contributed by atoms with van der Waals surface area (Å²) in [6.45, 7) is -0.765. The number of hydrogen-bond acceptors (Lipinski definition) is 8. The highest BCUT2D eigenvalue weighted by Gasteiger charge is 2.21. The smallest absolute Gasteiger partial charge is 0.257 e. The van der Waals surface area contributed by atoms with Crippen molar-refractivity contribution in [3.63, 3.8) is 0 Å². The van der Waals surface area contributed by atoms with Crippen LogP contribution in [0.4, 0.5) is 5.82 Å². The molecule has 0 atom stereocenters. The summed E-state index contributed by atoms with van der Waals surface area (Å²) in [6.07, 6.45) is 8.82. The molecule has 0 spiro atoms. The SMILES string of the molecule is CS(=O)(=O)c1ccc(/C(=C\C2CCCC2)C(=O)Nc2cnc(OC(CO)CO)cn2)cc1Cl. The number of anilines is 1. The van der Waals surface area contributed by atoms with Crippen molar-refractivity contribution in [3.8, 4) is 5.88 Å². The van der Waals surface area contributed by atoms with Crippen molar-refractivity contribution in [2.24, 2.45) is 5.92 Å². The van der Waals surface area contributed by atoms with Gasteiger partial charge in [0.1, 0.15) is 6.10 Å². The Morgan fingerprint density at radius 2 is 1.94 bits per heavy atom. The average Bonchev–Trinajstić information content (AvgIpc) is 3.29. The number of ether oxygens (including phenoxy) is 1. The van der Waals surface area contributed by atoms with Crippen molar-refractivity contribution < 1.29 is 28.2 Å². The van der Waals surface area contributed by atoms with Gasteiger partial charge in [-0.25, -0.2) is 18.4 Å². The Labute approximate surface area is 197 Å². The van der Waals surface area contributed by atoms with E-state index in [1.807, 2.05) is 6.08 Å². The molecule has 1 fully saturated rings. The second-order valence-electron chi connectivity index (χ2n) is 7.84. The van der Waals surface area contributed by atoms with Gasteiger partial charge in [0.2, 0.25) is 5.88 Å². The predicted molar refractivity (Wildman–Crippen MR) is 124 cm³/mol. The molecule has 0 unspecified atom stereocenters. The van der Waals surface area contributed by atoms with Crippen molar-refractivity contribution in [1.29, 1.82) is 0 Å². The monoisotopic (exact) mass is 495 g/mol. The number of nitrogens with zero attached hydrogens (tertiary/aromatic N) is 2.